The highest BCUT2D eigenvalue weighted by Gasteiger charge is 2.50. The molecule has 0 aromatic rings. The maximum atomic E-state index is 13.1. The molecule has 12 heteroatoms. The maximum Gasteiger partial charge on any atom is 0.335 e. The number of unbranched alkanes of at least 4 members (excludes halogenated alkanes) is 13. The molecule has 1 rings (SSSR count). The molecule has 0 spiro atoms. The summed E-state index contributed by atoms with van der Waals surface area (Å²) in [5.74, 6) is -3.23. The Morgan fingerprint density at radius 3 is 1.26 bits per heavy atom. The van der Waals surface area contributed by atoms with Gasteiger partial charge in [0.2, 0.25) is 0 Å². The van der Waals surface area contributed by atoms with Crippen LogP contribution in [0.25, 0.3) is 0 Å². The quantitative estimate of drug-likeness (QED) is 0.0228. The van der Waals surface area contributed by atoms with Gasteiger partial charge in [-0.05, 0) is 116 Å². The molecular weight excluding hydrogens is 925 g/mol. The molecule has 1 saturated heterocycles. The number of aliphatic hydroxyl groups is 2. The minimum atomic E-state index is -1.92. The number of hydrogen-bond donors (Lipinski definition) is 3. The molecule has 0 aliphatic carbocycles. The van der Waals surface area contributed by atoms with Crippen molar-refractivity contribution in [2.45, 2.75) is 237 Å². The lowest BCUT2D eigenvalue weighted by Crippen LogP contribution is -2.61. The third-order valence-electron chi connectivity index (χ3n) is 11.8. The van der Waals surface area contributed by atoms with Crippen molar-refractivity contribution < 1.29 is 58.2 Å². The van der Waals surface area contributed by atoms with Crippen LogP contribution in [0.3, 0.4) is 0 Å². The average molecular weight is 1020 g/mol. The van der Waals surface area contributed by atoms with E-state index in [1.54, 1.807) is 0 Å². The number of carbonyl (C=O) groups is 4. The third kappa shape index (κ3) is 38.6. The molecule has 0 bridgehead atoms. The molecule has 6 atom stereocenters. The number of rotatable bonds is 45. The number of allylic oxidation sites excluding steroid dienone is 18. The Bertz CT molecular complexity index is 1690. The van der Waals surface area contributed by atoms with Crippen LogP contribution in [-0.2, 0) is 42.9 Å². The number of aliphatic carboxylic acids is 1. The largest absolute Gasteiger partial charge is 0.479 e. The molecule has 0 aromatic heterocycles. The number of aliphatic hydroxyl groups excluding tert-OH is 2. The Kier molecular flexibility index (Phi) is 44.0. The summed E-state index contributed by atoms with van der Waals surface area (Å²) in [6.07, 6.45) is 52.2. The summed E-state index contributed by atoms with van der Waals surface area (Å²) in [5.41, 5.74) is 0. The second-order valence-corrected chi connectivity index (χ2v) is 18.4. The summed E-state index contributed by atoms with van der Waals surface area (Å²) >= 11 is 0. The summed E-state index contributed by atoms with van der Waals surface area (Å²) in [7, 11) is 0. The summed E-state index contributed by atoms with van der Waals surface area (Å²) in [4.78, 5) is 51.0. The Labute approximate surface area is 440 Å². The van der Waals surface area contributed by atoms with Crippen molar-refractivity contribution in [2.75, 3.05) is 13.2 Å². The molecular formula is C61H96O12. The first-order valence-electron chi connectivity index (χ1n) is 27.9. The maximum absolute atomic E-state index is 13.1. The Hall–Kier alpha value is -4.62. The van der Waals surface area contributed by atoms with Crippen molar-refractivity contribution in [1.82, 2.24) is 0 Å². The fourth-order valence-electron chi connectivity index (χ4n) is 7.64. The van der Waals surface area contributed by atoms with E-state index in [2.05, 4.69) is 130 Å². The van der Waals surface area contributed by atoms with E-state index in [1.807, 2.05) is 0 Å². The molecule has 1 aliphatic heterocycles. The monoisotopic (exact) mass is 1020 g/mol. The predicted molar refractivity (Wildman–Crippen MR) is 294 cm³/mol. The van der Waals surface area contributed by atoms with E-state index in [1.165, 1.54) is 6.42 Å². The topological polar surface area (TPSA) is 175 Å². The minimum absolute atomic E-state index is 0.0153. The first-order valence-corrected chi connectivity index (χ1v) is 27.9. The van der Waals surface area contributed by atoms with Crippen LogP contribution >= 0.6 is 0 Å². The van der Waals surface area contributed by atoms with E-state index in [9.17, 15) is 34.5 Å². The van der Waals surface area contributed by atoms with Crippen molar-refractivity contribution in [3.05, 3.63) is 109 Å². The van der Waals surface area contributed by atoms with Gasteiger partial charge >= 0.3 is 23.9 Å². The van der Waals surface area contributed by atoms with Crippen LogP contribution in [0.15, 0.2) is 109 Å². The summed E-state index contributed by atoms with van der Waals surface area (Å²) in [5, 5.41) is 31.4. The van der Waals surface area contributed by atoms with Crippen LogP contribution in [0.2, 0.25) is 0 Å². The van der Waals surface area contributed by atoms with Crippen molar-refractivity contribution >= 4 is 23.9 Å². The fraction of sp³-hybridized carbons (Fsp3) is 0.639. The SMILES string of the molecule is CC/C=C\C/C=C\C/C=C\CCCCCCCCCC(=O)OCC(COC1OC(C(=O)O)C(O)C(O)C1OC(=O)CCCCC/C=C\C/C=C\C/C=C\CC)OC(=O)CCCCC/C=C\C/C=C\C/C=C\CC. The van der Waals surface area contributed by atoms with Crippen molar-refractivity contribution in [1.29, 1.82) is 0 Å². The van der Waals surface area contributed by atoms with Crippen molar-refractivity contribution in [3.63, 3.8) is 0 Å². The number of esters is 3. The normalized spacial score (nSPS) is 19.2. The zero-order valence-electron chi connectivity index (χ0n) is 45.1. The van der Waals surface area contributed by atoms with Gasteiger partial charge in [-0.15, -0.1) is 0 Å². The first kappa shape index (κ1) is 66.4. The molecule has 73 heavy (non-hydrogen) atoms. The number of carbonyl (C=O) groups excluding carboxylic acids is 3. The minimum Gasteiger partial charge on any atom is -0.479 e. The third-order valence-corrected chi connectivity index (χ3v) is 11.8. The Morgan fingerprint density at radius 2 is 0.822 bits per heavy atom. The van der Waals surface area contributed by atoms with Gasteiger partial charge in [-0.1, -0.05) is 175 Å². The number of carboxylic acids is 1. The van der Waals surface area contributed by atoms with Gasteiger partial charge < -0.3 is 39.0 Å². The van der Waals surface area contributed by atoms with Gasteiger partial charge in [-0.25, -0.2) is 4.79 Å². The van der Waals surface area contributed by atoms with Gasteiger partial charge in [0.15, 0.2) is 24.6 Å². The van der Waals surface area contributed by atoms with Crippen LogP contribution in [0, 0.1) is 0 Å². The molecule has 3 N–H and O–H groups in total. The molecule has 0 saturated carbocycles. The summed E-state index contributed by atoms with van der Waals surface area (Å²) in [6, 6.07) is 0. The lowest BCUT2D eigenvalue weighted by atomic mass is 9.98. The van der Waals surface area contributed by atoms with E-state index >= 15 is 0 Å². The van der Waals surface area contributed by atoms with E-state index in [0.29, 0.717) is 19.3 Å². The van der Waals surface area contributed by atoms with Gasteiger partial charge in [0.05, 0.1) is 6.61 Å². The van der Waals surface area contributed by atoms with Crippen LogP contribution < -0.4 is 0 Å². The zero-order chi connectivity index (χ0) is 53.3. The predicted octanol–water partition coefficient (Wildman–Crippen LogP) is 13.9. The van der Waals surface area contributed by atoms with Crippen LogP contribution in [0.1, 0.15) is 201 Å². The number of carboxylic acid groups (broad SMARTS) is 1. The van der Waals surface area contributed by atoms with E-state index < -0.39 is 67.3 Å². The van der Waals surface area contributed by atoms with Gasteiger partial charge in [-0.3, -0.25) is 14.4 Å². The number of ether oxygens (including phenoxy) is 5. The van der Waals surface area contributed by atoms with Crippen LogP contribution in [-0.4, -0.2) is 89.2 Å². The summed E-state index contributed by atoms with van der Waals surface area (Å²) < 4.78 is 28.3. The molecule has 412 valence electrons. The molecule has 0 aromatic carbocycles. The highest BCUT2D eigenvalue weighted by molar-refractivity contribution is 5.74. The molecule has 1 aliphatic rings. The van der Waals surface area contributed by atoms with Crippen LogP contribution in [0.4, 0.5) is 0 Å². The second kappa shape index (κ2) is 48.3. The molecule has 1 heterocycles. The Morgan fingerprint density at radius 1 is 0.452 bits per heavy atom. The first-order chi connectivity index (χ1) is 35.6. The average Bonchev–Trinajstić information content (AvgIpc) is 3.37. The molecule has 12 nitrogen and oxygen atoms in total. The summed E-state index contributed by atoms with van der Waals surface area (Å²) in [6.45, 7) is 5.58. The highest BCUT2D eigenvalue weighted by Crippen LogP contribution is 2.26. The van der Waals surface area contributed by atoms with Crippen LogP contribution in [0.5, 0.6) is 0 Å². The van der Waals surface area contributed by atoms with Gasteiger partial charge in [0.1, 0.15) is 18.8 Å². The van der Waals surface area contributed by atoms with Crippen molar-refractivity contribution in [2.24, 2.45) is 0 Å². The lowest BCUT2D eigenvalue weighted by molar-refractivity contribution is -0.301. The molecule has 0 radical (unpaired) electrons. The van der Waals surface area contributed by atoms with E-state index in [-0.39, 0.29) is 25.9 Å². The molecule has 1 fully saturated rings. The standard InChI is InChI=1S/C61H96O12/c1-4-7-10-13-16-19-22-25-26-27-28-31-32-35-38-41-44-47-53(62)69-50-52(71-54(63)48-45-42-39-36-33-29-23-20-17-14-11-8-5-2)51-70-61-59(57(66)56(65)58(73-61)60(67)68)72-55(64)49-46-43-40-37-34-30-24-21-18-15-12-9-6-3/h7-12,16-21,25-26,29-30,33-34,52,56-59,61,65-66H,4-6,13-15,22-24,27-28,31-32,35-51H2,1-3H3,(H,67,68)/b10-7-,11-8-,12-9-,19-16-,20-17-,21-18-,26-25-,33-29-,34-30-. The fourth-order valence-corrected chi connectivity index (χ4v) is 7.64. The molecule has 6 unspecified atom stereocenters. The van der Waals surface area contributed by atoms with Gasteiger partial charge in [-0.2, -0.15) is 0 Å². The lowest BCUT2D eigenvalue weighted by Gasteiger charge is -2.40. The van der Waals surface area contributed by atoms with E-state index in [0.717, 1.165) is 135 Å². The number of hydrogen-bond acceptors (Lipinski definition) is 11. The molecule has 0 amide bonds. The smallest absolute Gasteiger partial charge is 0.335 e. The highest BCUT2D eigenvalue weighted by atomic mass is 16.7. The van der Waals surface area contributed by atoms with Crippen molar-refractivity contribution in [3.8, 4) is 0 Å². The van der Waals surface area contributed by atoms with Gasteiger partial charge in [0, 0.05) is 19.3 Å². The zero-order valence-corrected chi connectivity index (χ0v) is 45.1. The second-order valence-electron chi connectivity index (χ2n) is 18.4. The van der Waals surface area contributed by atoms with E-state index in [4.69, 9.17) is 23.7 Å². The van der Waals surface area contributed by atoms with Gasteiger partial charge in [0.25, 0.3) is 0 Å². The Balaban J connectivity index is 2.75.